The molecule has 0 unspecified atom stereocenters. The molecular weight excluding hydrogens is 506 g/mol. The number of fused-ring (bicyclic) bond motifs is 1. The molecule has 2 heterocycles. The van der Waals surface area contributed by atoms with E-state index in [0.717, 1.165) is 27.8 Å². The third kappa shape index (κ3) is 5.54. The molecule has 9 heteroatoms. The molecule has 5 aromatic rings. The van der Waals surface area contributed by atoms with Crippen molar-refractivity contribution in [3.05, 3.63) is 106 Å². The maximum absolute atomic E-state index is 12.4. The quantitative estimate of drug-likeness (QED) is 0.232. The number of allylic oxidation sites excluding steroid dienone is 1. The Hall–Kier alpha value is -4.45. The molecular formula is C28H20ClN5O2S. The number of carbonyl (C=O) groups excluding carboxylic acids is 1. The molecule has 0 aliphatic rings. The molecule has 3 aromatic carbocycles. The average molecular weight is 526 g/mol. The fourth-order valence-electron chi connectivity index (χ4n) is 3.83. The van der Waals surface area contributed by atoms with Crippen LogP contribution < -0.4 is 10.1 Å². The lowest BCUT2D eigenvalue weighted by Gasteiger charge is -2.09. The zero-order valence-corrected chi connectivity index (χ0v) is 21.0. The molecule has 1 N–H and O–H groups in total. The van der Waals surface area contributed by atoms with Crippen LogP contribution in [0.4, 0.5) is 5.13 Å². The van der Waals surface area contributed by atoms with Crippen molar-refractivity contribution < 1.29 is 9.53 Å². The van der Waals surface area contributed by atoms with Crippen LogP contribution in [0.3, 0.4) is 0 Å². The number of aromatic nitrogens is 3. The number of para-hydroxylation sites is 2. The van der Waals surface area contributed by atoms with Crippen molar-refractivity contribution in [1.82, 2.24) is 14.8 Å². The smallest absolute Gasteiger partial charge is 0.257 e. The van der Waals surface area contributed by atoms with E-state index in [0.29, 0.717) is 45.2 Å². The van der Waals surface area contributed by atoms with Crippen molar-refractivity contribution in [3.8, 4) is 11.8 Å². The second-order valence-corrected chi connectivity index (χ2v) is 9.36. The van der Waals surface area contributed by atoms with Crippen molar-refractivity contribution >= 4 is 56.5 Å². The first-order valence-corrected chi connectivity index (χ1v) is 12.6. The highest BCUT2D eigenvalue weighted by atomic mass is 35.5. The summed E-state index contributed by atoms with van der Waals surface area (Å²) in [5, 5.41) is 23.1. The van der Waals surface area contributed by atoms with Gasteiger partial charge in [-0.3, -0.25) is 10.1 Å². The number of nitrogens with one attached hydrogen (secondary N) is 1. The summed E-state index contributed by atoms with van der Waals surface area (Å²) in [5.74, 6) is 0.354. The zero-order chi connectivity index (χ0) is 25.6. The Kier molecular flexibility index (Phi) is 7.26. The number of rotatable bonds is 8. The molecule has 0 aliphatic carbocycles. The summed E-state index contributed by atoms with van der Waals surface area (Å²) in [5.41, 5.74) is 2.76. The van der Waals surface area contributed by atoms with E-state index >= 15 is 0 Å². The van der Waals surface area contributed by atoms with E-state index in [1.54, 1.807) is 36.4 Å². The first kappa shape index (κ1) is 24.3. The van der Waals surface area contributed by atoms with Crippen LogP contribution in [-0.2, 0) is 6.54 Å². The second kappa shape index (κ2) is 11.1. The average Bonchev–Trinajstić information content (AvgIpc) is 3.53. The van der Waals surface area contributed by atoms with Crippen molar-refractivity contribution in [3.63, 3.8) is 0 Å². The van der Waals surface area contributed by atoms with E-state index in [2.05, 4.69) is 26.2 Å². The molecule has 182 valence electrons. The van der Waals surface area contributed by atoms with Gasteiger partial charge in [-0.25, -0.2) is 0 Å². The van der Waals surface area contributed by atoms with Crippen LogP contribution in [0.2, 0.25) is 5.02 Å². The lowest BCUT2D eigenvalue weighted by molar-refractivity contribution is 0.102. The van der Waals surface area contributed by atoms with Gasteiger partial charge in [0, 0.05) is 28.2 Å². The van der Waals surface area contributed by atoms with E-state index in [1.165, 1.54) is 0 Å². The van der Waals surface area contributed by atoms with E-state index in [1.807, 2.05) is 54.7 Å². The predicted molar refractivity (Wildman–Crippen MR) is 147 cm³/mol. The first-order chi connectivity index (χ1) is 18.1. The molecule has 0 radical (unpaired) electrons. The van der Waals surface area contributed by atoms with E-state index in [-0.39, 0.29) is 5.91 Å². The van der Waals surface area contributed by atoms with Gasteiger partial charge in [0.1, 0.15) is 18.4 Å². The van der Waals surface area contributed by atoms with E-state index < -0.39 is 0 Å². The summed E-state index contributed by atoms with van der Waals surface area (Å²) < 4.78 is 7.95. The normalized spacial score (nSPS) is 11.3. The highest BCUT2D eigenvalue weighted by Crippen LogP contribution is 2.29. The highest BCUT2D eigenvalue weighted by Gasteiger charge is 2.14. The van der Waals surface area contributed by atoms with Crippen LogP contribution in [0, 0.1) is 11.3 Å². The number of hydrogen-bond donors (Lipinski definition) is 1. The lowest BCUT2D eigenvalue weighted by atomic mass is 10.1. The maximum Gasteiger partial charge on any atom is 0.257 e. The number of halogens is 1. The van der Waals surface area contributed by atoms with E-state index in [4.69, 9.17) is 16.3 Å². The third-order valence-electron chi connectivity index (χ3n) is 5.58. The monoisotopic (exact) mass is 525 g/mol. The topological polar surface area (TPSA) is 92.8 Å². The van der Waals surface area contributed by atoms with Gasteiger partial charge < -0.3 is 9.30 Å². The largest absolute Gasteiger partial charge is 0.490 e. The Labute approximate surface area is 222 Å². The van der Waals surface area contributed by atoms with Gasteiger partial charge in [0.05, 0.1) is 17.1 Å². The van der Waals surface area contributed by atoms with E-state index in [9.17, 15) is 10.1 Å². The third-order valence-corrected chi connectivity index (χ3v) is 6.76. The molecule has 1 amide bonds. The van der Waals surface area contributed by atoms with Gasteiger partial charge >= 0.3 is 0 Å². The molecule has 7 nitrogen and oxygen atoms in total. The Morgan fingerprint density at radius 3 is 2.62 bits per heavy atom. The summed E-state index contributed by atoms with van der Waals surface area (Å²) >= 11 is 7.34. The Morgan fingerprint density at radius 2 is 1.81 bits per heavy atom. The van der Waals surface area contributed by atoms with Crippen LogP contribution in [0.15, 0.2) is 85.1 Å². The molecule has 0 saturated carbocycles. The number of ether oxygens (including phenoxy) is 1. The summed E-state index contributed by atoms with van der Waals surface area (Å²) in [7, 11) is 0. The molecule has 0 fully saturated rings. The van der Waals surface area contributed by atoms with Gasteiger partial charge in [-0.05, 0) is 36.4 Å². The van der Waals surface area contributed by atoms with Gasteiger partial charge in [-0.15, -0.1) is 10.2 Å². The number of carbonyl (C=O) groups is 1. The van der Waals surface area contributed by atoms with Crippen LogP contribution in [0.25, 0.3) is 22.6 Å². The van der Waals surface area contributed by atoms with Crippen LogP contribution in [-0.4, -0.2) is 27.3 Å². The standard InChI is InChI=1S/C28H20ClN5O2S/c29-23-11-5-7-13-25(23)36-15-14-34-18-21(22-10-4-6-12-24(22)34)16-20(17-30)27-32-33-28(37-27)31-26(35)19-8-2-1-3-9-19/h1-13,16,18H,14-15H2,(H,31,33,35)/b20-16+. The van der Waals surface area contributed by atoms with Gasteiger partial charge in [-0.2, -0.15) is 5.26 Å². The number of hydrogen-bond acceptors (Lipinski definition) is 6. The summed E-state index contributed by atoms with van der Waals surface area (Å²) in [6.45, 7) is 1.02. The maximum atomic E-state index is 12.4. The Morgan fingerprint density at radius 1 is 1.05 bits per heavy atom. The molecule has 0 spiro atoms. The Bertz CT molecular complexity index is 1640. The fraction of sp³-hybridized carbons (Fsp3) is 0.0714. The van der Waals surface area contributed by atoms with Crippen molar-refractivity contribution in [2.75, 3.05) is 11.9 Å². The summed E-state index contributed by atoms with van der Waals surface area (Å²) in [4.78, 5) is 12.4. The van der Waals surface area contributed by atoms with Gasteiger partial charge in [-0.1, -0.05) is 71.5 Å². The summed E-state index contributed by atoms with van der Waals surface area (Å²) in [6.07, 6.45) is 3.77. The van der Waals surface area contributed by atoms with Gasteiger partial charge in [0.2, 0.25) is 5.13 Å². The van der Waals surface area contributed by atoms with Crippen molar-refractivity contribution in [2.45, 2.75) is 6.54 Å². The fourth-order valence-corrected chi connectivity index (χ4v) is 4.72. The number of nitrogens with zero attached hydrogens (tertiary/aromatic N) is 4. The molecule has 5 rings (SSSR count). The molecule has 0 aliphatic heterocycles. The van der Waals surface area contributed by atoms with Gasteiger partial charge in [0.15, 0.2) is 5.01 Å². The zero-order valence-electron chi connectivity index (χ0n) is 19.5. The SMILES string of the molecule is N#C/C(=C\c1cn(CCOc2ccccc2Cl)c2ccccc12)c1nnc(NC(=O)c2ccccc2)s1. The number of anilines is 1. The van der Waals surface area contributed by atoms with Crippen LogP contribution in [0.5, 0.6) is 5.75 Å². The van der Waals surface area contributed by atoms with Crippen molar-refractivity contribution in [1.29, 1.82) is 5.26 Å². The predicted octanol–water partition coefficient (Wildman–Crippen LogP) is 6.54. The summed E-state index contributed by atoms with van der Waals surface area (Å²) in [6, 6.07) is 26.4. The molecule has 0 bridgehead atoms. The van der Waals surface area contributed by atoms with Crippen molar-refractivity contribution in [2.24, 2.45) is 0 Å². The number of benzene rings is 3. The second-order valence-electron chi connectivity index (χ2n) is 7.98. The minimum Gasteiger partial charge on any atom is -0.490 e. The van der Waals surface area contributed by atoms with Crippen LogP contribution in [0.1, 0.15) is 20.9 Å². The first-order valence-electron chi connectivity index (χ1n) is 11.4. The lowest BCUT2D eigenvalue weighted by Crippen LogP contribution is -2.11. The molecule has 0 atom stereocenters. The molecule has 37 heavy (non-hydrogen) atoms. The van der Waals surface area contributed by atoms with Gasteiger partial charge in [0.25, 0.3) is 5.91 Å². The minimum absolute atomic E-state index is 0.284. The van der Waals surface area contributed by atoms with Crippen LogP contribution >= 0.6 is 22.9 Å². The molecule has 0 saturated heterocycles. The highest BCUT2D eigenvalue weighted by molar-refractivity contribution is 7.16. The number of nitriles is 1. The Balaban J connectivity index is 1.36. The molecule has 2 aromatic heterocycles. The minimum atomic E-state index is -0.284. The number of amides is 1.